The number of benzene rings is 2. The van der Waals surface area contributed by atoms with E-state index in [9.17, 15) is 4.79 Å². The van der Waals surface area contributed by atoms with Crippen molar-refractivity contribution in [1.82, 2.24) is 0 Å². The maximum Gasteiger partial charge on any atom is 0.330 e. The number of ether oxygens (including phenoxy) is 2. The lowest BCUT2D eigenvalue weighted by Gasteiger charge is -2.08. The minimum atomic E-state index is -0.287. The number of aryl methyl sites for hydroxylation is 1. The second-order valence-electron chi connectivity index (χ2n) is 5.63. The Kier molecular flexibility index (Phi) is 8.13. The van der Waals surface area contributed by atoms with Crippen molar-refractivity contribution in [2.45, 2.75) is 24.2 Å². The lowest BCUT2D eigenvalue weighted by Crippen LogP contribution is -2.00. The van der Waals surface area contributed by atoms with Gasteiger partial charge in [0.2, 0.25) is 0 Å². The van der Waals surface area contributed by atoms with Crippen LogP contribution in [0.1, 0.15) is 18.4 Å². The van der Waals surface area contributed by atoms with E-state index in [0.717, 1.165) is 41.2 Å². The normalized spacial score (nSPS) is 11.2. The maximum atomic E-state index is 11.6. The SMILES string of the molecule is COC(=O)C=C(CCCc1ccccc1)CSc1ccc(OC)cc1. The number of methoxy groups -OCH3 is 2. The summed E-state index contributed by atoms with van der Waals surface area (Å²) in [4.78, 5) is 12.8. The highest BCUT2D eigenvalue weighted by Crippen LogP contribution is 2.25. The summed E-state index contributed by atoms with van der Waals surface area (Å²) in [5, 5.41) is 0. The predicted octanol–water partition coefficient (Wildman–Crippen LogP) is 4.91. The van der Waals surface area contributed by atoms with Gasteiger partial charge in [0.15, 0.2) is 0 Å². The van der Waals surface area contributed by atoms with Gasteiger partial charge >= 0.3 is 5.97 Å². The summed E-state index contributed by atoms with van der Waals surface area (Å²) in [7, 11) is 3.07. The van der Waals surface area contributed by atoms with Crippen LogP contribution in [0.5, 0.6) is 5.75 Å². The molecule has 2 aromatic rings. The van der Waals surface area contributed by atoms with Crippen molar-refractivity contribution in [3.05, 3.63) is 71.8 Å². The molecule has 132 valence electrons. The fraction of sp³-hybridized carbons (Fsp3) is 0.286. The minimum Gasteiger partial charge on any atom is -0.497 e. The molecule has 0 aliphatic rings. The van der Waals surface area contributed by atoms with Crippen molar-refractivity contribution in [3.63, 3.8) is 0 Å². The van der Waals surface area contributed by atoms with Crippen LogP contribution in [0.4, 0.5) is 0 Å². The number of hydrogen-bond acceptors (Lipinski definition) is 4. The molecule has 0 saturated heterocycles. The third-order valence-electron chi connectivity index (χ3n) is 3.81. The van der Waals surface area contributed by atoms with Crippen LogP contribution in [0.2, 0.25) is 0 Å². The molecule has 25 heavy (non-hydrogen) atoms. The van der Waals surface area contributed by atoms with Crippen molar-refractivity contribution in [3.8, 4) is 5.75 Å². The summed E-state index contributed by atoms with van der Waals surface area (Å²) in [5.41, 5.74) is 2.42. The average Bonchev–Trinajstić information content (AvgIpc) is 2.67. The first-order valence-electron chi connectivity index (χ1n) is 8.29. The molecule has 0 saturated carbocycles. The summed E-state index contributed by atoms with van der Waals surface area (Å²) in [6, 6.07) is 18.4. The zero-order valence-electron chi connectivity index (χ0n) is 14.7. The third-order valence-corrected chi connectivity index (χ3v) is 4.93. The summed E-state index contributed by atoms with van der Waals surface area (Å²) in [6.45, 7) is 0. The van der Waals surface area contributed by atoms with Crippen LogP contribution in [0.15, 0.2) is 71.1 Å². The molecule has 0 aliphatic carbocycles. The molecule has 3 nitrogen and oxygen atoms in total. The Morgan fingerprint density at radius 1 is 1.04 bits per heavy atom. The molecule has 4 heteroatoms. The Bertz CT molecular complexity index is 678. The number of carbonyl (C=O) groups excluding carboxylic acids is 1. The van der Waals surface area contributed by atoms with Gasteiger partial charge in [-0.05, 0) is 49.1 Å². The van der Waals surface area contributed by atoms with Crippen LogP contribution < -0.4 is 4.74 Å². The molecule has 0 aromatic heterocycles. The Morgan fingerprint density at radius 3 is 2.40 bits per heavy atom. The quantitative estimate of drug-likeness (QED) is 0.363. The van der Waals surface area contributed by atoms with Gasteiger partial charge in [-0.15, -0.1) is 11.8 Å². The van der Waals surface area contributed by atoms with Gasteiger partial charge in [-0.3, -0.25) is 0 Å². The molecule has 0 amide bonds. The van der Waals surface area contributed by atoms with E-state index in [1.54, 1.807) is 24.9 Å². The number of carbonyl (C=O) groups is 1. The standard InChI is InChI=1S/C21H24O3S/c1-23-19-11-13-20(14-12-19)25-16-18(15-21(22)24-2)10-6-9-17-7-4-3-5-8-17/h3-5,7-8,11-15H,6,9-10,16H2,1-2H3. The second-order valence-corrected chi connectivity index (χ2v) is 6.68. The van der Waals surface area contributed by atoms with Crippen LogP contribution in [0.3, 0.4) is 0 Å². The monoisotopic (exact) mass is 356 g/mol. The van der Waals surface area contributed by atoms with Gasteiger partial charge in [-0.2, -0.15) is 0 Å². The van der Waals surface area contributed by atoms with Gasteiger partial charge in [-0.25, -0.2) is 4.79 Å². The van der Waals surface area contributed by atoms with Crippen LogP contribution in [0.25, 0.3) is 0 Å². The maximum absolute atomic E-state index is 11.6. The van der Waals surface area contributed by atoms with Crippen molar-refractivity contribution >= 4 is 17.7 Å². The summed E-state index contributed by atoms with van der Waals surface area (Å²) >= 11 is 1.71. The molecule has 0 heterocycles. The zero-order chi connectivity index (χ0) is 17.9. The first kappa shape index (κ1) is 19.1. The van der Waals surface area contributed by atoms with Crippen LogP contribution in [-0.2, 0) is 16.0 Å². The molecule has 0 spiro atoms. The molecule has 0 bridgehead atoms. The molecule has 2 rings (SSSR count). The number of thioether (sulfide) groups is 1. The van der Waals surface area contributed by atoms with E-state index in [0.29, 0.717) is 0 Å². The van der Waals surface area contributed by atoms with Gasteiger partial charge in [0, 0.05) is 16.7 Å². The van der Waals surface area contributed by atoms with Gasteiger partial charge in [0.05, 0.1) is 14.2 Å². The van der Waals surface area contributed by atoms with E-state index in [-0.39, 0.29) is 5.97 Å². The predicted molar refractivity (Wildman–Crippen MR) is 103 cm³/mol. The number of hydrogen-bond donors (Lipinski definition) is 0. The van der Waals surface area contributed by atoms with Crippen molar-refractivity contribution in [2.24, 2.45) is 0 Å². The Balaban J connectivity index is 1.90. The molecular weight excluding hydrogens is 332 g/mol. The highest BCUT2D eigenvalue weighted by Gasteiger charge is 2.05. The van der Waals surface area contributed by atoms with Crippen LogP contribution in [0, 0.1) is 0 Å². The molecule has 2 aromatic carbocycles. The van der Waals surface area contributed by atoms with E-state index >= 15 is 0 Å². The van der Waals surface area contributed by atoms with Gasteiger partial charge in [0.1, 0.15) is 5.75 Å². The molecule has 0 atom stereocenters. The highest BCUT2D eigenvalue weighted by atomic mass is 32.2. The van der Waals surface area contributed by atoms with Gasteiger partial charge < -0.3 is 9.47 Å². The molecule has 0 fully saturated rings. The lowest BCUT2D eigenvalue weighted by molar-refractivity contribution is -0.134. The van der Waals surface area contributed by atoms with Gasteiger partial charge in [-0.1, -0.05) is 35.9 Å². The van der Waals surface area contributed by atoms with Gasteiger partial charge in [0.25, 0.3) is 0 Å². The molecule has 0 unspecified atom stereocenters. The Labute approximate surface area is 154 Å². The molecule has 0 N–H and O–H groups in total. The van der Waals surface area contributed by atoms with E-state index in [2.05, 4.69) is 24.3 Å². The van der Waals surface area contributed by atoms with Crippen LogP contribution >= 0.6 is 11.8 Å². The summed E-state index contributed by atoms with van der Waals surface area (Å²) in [5.74, 6) is 1.33. The molecule has 0 radical (unpaired) electrons. The number of rotatable bonds is 9. The van der Waals surface area contributed by atoms with E-state index in [4.69, 9.17) is 9.47 Å². The number of esters is 1. The van der Waals surface area contributed by atoms with Crippen LogP contribution in [-0.4, -0.2) is 25.9 Å². The third kappa shape index (κ3) is 7.06. The first-order valence-corrected chi connectivity index (χ1v) is 9.28. The average molecular weight is 356 g/mol. The van der Waals surface area contributed by atoms with Crippen molar-refractivity contribution < 1.29 is 14.3 Å². The van der Waals surface area contributed by atoms with E-state index in [1.165, 1.54) is 12.7 Å². The Morgan fingerprint density at radius 2 is 1.76 bits per heavy atom. The van der Waals surface area contributed by atoms with E-state index < -0.39 is 0 Å². The summed E-state index contributed by atoms with van der Waals surface area (Å²) in [6.07, 6.45) is 4.53. The largest absolute Gasteiger partial charge is 0.497 e. The highest BCUT2D eigenvalue weighted by molar-refractivity contribution is 7.99. The smallest absolute Gasteiger partial charge is 0.330 e. The Hall–Kier alpha value is -2.20. The lowest BCUT2D eigenvalue weighted by atomic mass is 10.0. The summed E-state index contributed by atoms with van der Waals surface area (Å²) < 4.78 is 9.96. The van der Waals surface area contributed by atoms with Crippen molar-refractivity contribution in [1.29, 1.82) is 0 Å². The van der Waals surface area contributed by atoms with Crippen molar-refractivity contribution in [2.75, 3.05) is 20.0 Å². The fourth-order valence-electron chi connectivity index (χ4n) is 2.42. The minimum absolute atomic E-state index is 0.287. The first-order chi connectivity index (χ1) is 12.2. The van der Waals surface area contributed by atoms with E-state index in [1.807, 2.05) is 30.3 Å². The zero-order valence-corrected chi connectivity index (χ0v) is 15.6. The topological polar surface area (TPSA) is 35.5 Å². The molecular formula is C21H24O3S. The fourth-order valence-corrected chi connectivity index (χ4v) is 3.33. The second kappa shape index (κ2) is 10.6. The molecule has 0 aliphatic heterocycles.